The van der Waals surface area contributed by atoms with Crippen LogP contribution in [0.4, 0.5) is 31.0 Å². The highest BCUT2D eigenvalue weighted by Crippen LogP contribution is 2.46. The van der Waals surface area contributed by atoms with Crippen molar-refractivity contribution < 1.29 is 75.7 Å². The lowest BCUT2D eigenvalue weighted by atomic mass is 9.96. The molecule has 10 N–H and O–H groups in total. The summed E-state index contributed by atoms with van der Waals surface area (Å²) in [5, 5.41) is 19.0. The monoisotopic (exact) mass is 1110 g/mol. The Hall–Kier alpha value is -8.91. The lowest BCUT2D eigenvalue weighted by Crippen LogP contribution is -2.45. The van der Waals surface area contributed by atoms with Crippen LogP contribution in [0.3, 0.4) is 0 Å². The van der Waals surface area contributed by atoms with E-state index < -0.39 is 121 Å². The fourth-order valence-electron chi connectivity index (χ4n) is 8.29. The van der Waals surface area contributed by atoms with Crippen LogP contribution in [-0.2, 0) is 52.3 Å². The number of aliphatic hydroxyl groups excluding tert-OH is 2. The SMILES string of the molecule is C#CC1(F)[C@@H](O)[C@@H](CO)O[C@H]1n1cnc2c(=O)[nH]c(N)nc21.C#CC1(F)[C@@H](OC(C)=O)[C@@H](COC(C)=O)O[C@H]1n1cnc2c(=O)[nH]c(N)nc21.C#CC1(F)[C@@H](OC(C)=O)[C@@H](COC(C)=O)O[C@H]1n1cnc2c(Cl)nc(N)nc21. The number of aliphatic hydroxyl groups is 2. The number of nitrogens with zero attached hydrogens (tertiary/aromatic N) is 10. The molecule has 0 bridgehead atoms. The zero-order chi connectivity index (χ0) is 57.3. The summed E-state index contributed by atoms with van der Waals surface area (Å²) in [4.78, 5) is 101. The number of halogens is 4. The highest BCUT2D eigenvalue weighted by molar-refractivity contribution is 6.33. The van der Waals surface area contributed by atoms with Gasteiger partial charge in [0.1, 0.15) is 43.1 Å². The smallest absolute Gasteiger partial charge is 0.303 e. The van der Waals surface area contributed by atoms with Crippen molar-refractivity contribution in [3.05, 3.63) is 44.8 Å². The highest BCUT2D eigenvalue weighted by Gasteiger charge is 2.62. The third kappa shape index (κ3) is 10.5. The van der Waals surface area contributed by atoms with Crippen LogP contribution in [0.25, 0.3) is 33.5 Å². The van der Waals surface area contributed by atoms with E-state index in [-0.39, 0.29) is 63.1 Å². The standard InChI is InChI=1S/C16H15ClFN5O5.C16H16FN5O6.C12H12FN5O4/c1-4-16(18)11(27-8(3)25)9(5-26-7(2)24)28-14(16)23-6-20-10-12(17)21-15(19)22-13(10)23;1-4-16(17)11(27-8(3)24)9(5-26-7(2)23)28-14(16)22-6-19-10-12(22)20-15(18)21-13(10)25;1-2-12(13)7(20)5(3-19)22-10(12)18-4-15-6-8(18)16-11(14)17-9(6)21/h1,6,9,11,14H,5H2,2-3H3,(H2,19,21,22);1,6,9,11,14H,5H2,2-3H3,(H3,18,20,21,25);1,4-5,7,10,19-20H,3H2,(H3,14,16,17,21)/t2*9-,11+,14-,16?;5-,7+,10-,12?/m111/s1. The molecule has 9 heterocycles. The Morgan fingerprint density at radius 1 is 0.654 bits per heavy atom. The number of H-pyrrole nitrogens is 2. The first-order valence-electron chi connectivity index (χ1n) is 22.2. The first kappa shape index (κ1) is 56.8. The molecule has 6 aromatic rings. The first-order chi connectivity index (χ1) is 36.8. The second-order valence-electron chi connectivity index (χ2n) is 16.9. The molecular formula is C44H43ClF3N15O15. The second-order valence-corrected chi connectivity index (χ2v) is 17.2. The maximum absolute atomic E-state index is 15.9. The molecule has 3 aliphatic heterocycles. The first-order valence-corrected chi connectivity index (χ1v) is 22.6. The van der Waals surface area contributed by atoms with Gasteiger partial charge < -0.3 is 60.6 Å². The number of aromatic amines is 2. The molecule has 12 atom stereocenters. The number of imidazole rings is 3. The van der Waals surface area contributed by atoms with Crippen LogP contribution in [0.15, 0.2) is 28.6 Å². The third-order valence-electron chi connectivity index (χ3n) is 11.7. The molecule has 0 radical (unpaired) electrons. The highest BCUT2D eigenvalue weighted by atomic mass is 35.5. The Kier molecular flexibility index (Phi) is 16.0. The van der Waals surface area contributed by atoms with Crippen LogP contribution in [0.2, 0.25) is 5.15 Å². The number of nitrogens with one attached hydrogen (secondary N) is 2. The van der Waals surface area contributed by atoms with Gasteiger partial charge in [0.2, 0.25) is 23.5 Å². The third-order valence-corrected chi connectivity index (χ3v) is 11.9. The summed E-state index contributed by atoms with van der Waals surface area (Å²) in [7, 11) is 0. The molecule has 3 aliphatic rings. The van der Waals surface area contributed by atoms with Gasteiger partial charge >= 0.3 is 23.9 Å². The van der Waals surface area contributed by atoms with E-state index in [1.807, 2.05) is 17.8 Å². The molecule has 0 saturated carbocycles. The molecule has 30 nitrogen and oxygen atoms in total. The minimum Gasteiger partial charge on any atom is -0.463 e. The largest absolute Gasteiger partial charge is 0.463 e. The summed E-state index contributed by atoms with van der Waals surface area (Å²) in [6.07, 6.45) is 6.32. The van der Waals surface area contributed by atoms with Crippen molar-refractivity contribution in [2.24, 2.45) is 0 Å². The number of terminal acetylenes is 3. The summed E-state index contributed by atoms with van der Waals surface area (Å²) in [5.74, 6) is 2.30. The van der Waals surface area contributed by atoms with E-state index in [1.165, 1.54) is 17.8 Å². The van der Waals surface area contributed by atoms with Crippen molar-refractivity contribution in [2.75, 3.05) is 37.0 Å². The van der Waals surface area contributed by atoms with E-state index in [9.17, 15) is 38.3 Å². The molecule has 0 aliphatic carbocycles. The molecule has 0 amide bonds. The lowest BCUT2D eigenvalue weighted by Gasteiger charge is -2.26. The molecule has 3 fully saturated rings. The Morgan fingerprint density at radius 2 is 1.03 bits per heavy atom. The van der Waals surface area contributed by atoms with E-state index in [0.29, 0.717) is 0 Å². The Morgan fingerprint density at radius 3 is 1.40 bits per heavy atom. The Labute approximate surface area is 439 Å². The number of esters is 4. The molecule has 78 heavy (non-hydrogen) atoms. The molecule has 9 rings (SSSR count). The van der Waals surface area contributed by atoms with Crippen LogP contribution in [0.5, 0.6) is 0 Å². The topological polar surface area (TPSA) is 422 Å². The molecule has 6 aromatic heterocycles. The van der Waals surface area contributed by atoms with Crippen LogP contribution < -0.4 is 28.3 Å². The number of hydrogen-bond acceptors (Lipinski definition) is 25. The number of carbonyl (C=O) groups excluding carboxylic acids is 4. The molecule has 0 aromatic carbocycles. The number of aromatic nitrogens is 12. The summed E-state index contributed by atoms with van der Waals surface area (Å²) in [5.41, 5.74) is 7.30. The zero-order valence-corrected chi connectivity index (χ0v) is 41.5. The minimum atomic E-state index is -2.68. The molecule has 0 spiro atoms. The van der Waals surface area contributed by atoms with Crippen LogP contribution in [-0.4, -0.2) is 166 Å². The van der Waals surface area contributed by atoms with E-state index in [2.05, 4.69) is 44.9 Å². The number of ether oxygens (including phenoxy) is 7. The summed E-state index contributed by atoms with van der Waals surface area (Å²) in [6, 6.07) is 0. The Balaban J connectivity index is 0.000000171. The average Bonchev–Trinajstić information content (AvgIpc) is 4.35. The maximum atomic E-state index is 15.9. The normalized spacial score (nSPS) is 28.1. The van der Waals surface area contributed by atoms with Crippen molar-refractivity contribution in [1.29, 1.82) is 0 Å². The van der Waals surface area contributed by atoms with Gasteiger partial charge in [-0.05, 0) is 0 Å². The average molecular weight is 1110 g/mol. The van der Waals surface area contributed by atoms with Crippen LogP contribution in [0, 0.1) is 37.0 Å². The quantitative estimate of drug-likeness (QED) is 0.0356. The van der Waals surface area contributed by atoms with Gasteiger partial charge in [0.25, 0.3) is 22.5 Å². The molecule has 3 saturated heterocycles. The zero-order valence-electron chi connectivity index (χ0n) is 40.7. The van der Waals surface area contributed by atoms with E-state index in [4.69, 9.17) is 86.3 Å². The van der Waals surface area contributed by atoms with Gasteiger partial charge in [-0.15, -0.1) is 19.3 Å². The van der Waals surface area contributed by atoms with Gasteiger partial charge in [0.15, 0.2) is 64.0 Å². The van der Waals surface area contributed by atoms with E-state index in [0.717, 1.165) is 42.6 Å². The van der Waals surface area contributed by atoms with Crippen molar-refractivity contribution in [1.82, 2.24) is 58.6 Å². The van der Waals surface area contributed by atoms with Crippen molar-refractivity contribution in [2.45, 2.75) is 100 Å². The summed E-state index contributed by atoms with van der Waals surface area (Å²) >= 11 is 5.99. The number of anilines is 3. The van der Waals surface area contributed by atoms with Crippen LogP contribution in [0.1, 0.15) is 46.4 Å². The fourth-order valence-corrected chi connectivity index (χ4v) is 8.51. The van der Waals surface area contributed by atoms with E-state index in [1.54, 1.807) is 0 Å². The number of hydrogen-bond donors (Lipinski definition) is 7. The fraction of sp³-hybridized carbons (Fsp3) is 0.432. The number of nitrogens with two attached hydrogens (primary N) is 3. The summed E-state index contributed by atoms with van der Waals surface area (Å²) < 4.78 is 86.3. The van der Waals surface area contributed by atoms with Gasteiger partial charge in [-0.1, -0.05) is 29.4 Å². The number of rotatable bonds is 10. The molecule has 34 heteroatoms. The number of fused-ring (bicyclic) bond motifs is 3. The molecule has 412 valence electrons. The van der Waals surface area contributed by atoms with Crippen molar-refractivity contribution in [3.8, 4) is 37.0 Å². The van der Waals surface area contributed by atoms with Crippen molar-refractivity contribution in [3.63, 3.8) is 0 Å². The minimum absolute atomic E-state index is 0.0441. The molecular weight excluding hydrogens is 1070 g/mol. The predicted octanol–water partition coefficient (Wildman–Crippen LogP) is -1.47. The second kappa shape index (κ2) is 22.0. The number of alkyl halides is 3. The predicted molar refractivity (Wildman–Crippen MR) is 257 cm³/mol. The van der Waals surface area contributed by atoms with Gasteiger partial charge in [0.05, 0.1) is 25.6 Å². The van der Waals surface area contributed by atoms with E-state index >= 15 is 8.78 Å². The van der Waals surface area contributed by atoms with Crippen LogP contribution >= 0.6 is 11.6 Å². The lowest BCUT2D eigenvalue weighted by molar-refractivity contribution is -0.159. The molecule has 3 unspecified atom stereocenters. The van der Waals surface area contributed by atoms with Gasteiger partial charge in [0, 0.05) is 27.7 Å². The van der Waals surface area contributed by atoms with Gasteiger partial charge in [-0.3, -0.25) is 52.4 Å². The summed E-state index contributed by atoms with van der Waals surface area (Å²) in [6.45, 7) is 3.05. The van der Waals surface area contributed by atoms with Gasteiger partial charge in [-0.2, -0.15) is 19.9 Å². The van der Waals surface area contributed by atoms with Gasteiger partial charge in [-0.25, -0.2) is 28.1 Å². The number of nitrogen functional groups attached to an aromatic ring is 3. The Bertz CT molecular complexity index is 3590. The van der Waals surface area contributed by atoms with Crippen molar-refractivity contribution >= 4 is 86.8 Å². The maximum Gasteiger partial charge on any atom is 0.303 e. The number of carbonyl (C=O) groups is 4.